The molecule has 0 aliphatic carbocycles. The highest BCUT2D eigenvalue weighted by Crippen LogP contribution is 2.24. The van der Waals surface area contributed by atoms with Crippen LogP contribution in [-0.2, 0) is 0 Å². The molecule has 90 valence electrons. The summed E-state index contributed by atoms with van der Waals surface area (Å²) < 4.78 is 13.0. The van der Waals surface area contributed by atoms with Crippen molar-refractivity contribution < 1.29 is 4.39 Å². The normalized spacial score (nSPS) is 10.9. The lowest BCUT2D eigenvalue weighted by atomic mass is 10.1. The fourth-order valence-corrected chi connectivity index (χ4v) is 1.68. The van der Waals surface area contributed by atoms with Gasteiger partial charge in [0.05, 0.1) is 10.7 Å². The molecular weight excluding hydrogens is 241 g/mol. The zero-order valence-electron chi connectivity index (χ0n) is 9.59. The van der Waals surface area contributed by atoms with Crippen LogP contribution in [0.2, 0.25) is 5.02 Å². The SMILES string of the molecule is CC(C)Nc1cc(-c2ccc(F)c(Cl)c2)[nH]n1. The van der Waals surface area contributed by atoms with Crippen LogP contribution in [0.3, 0.4) is 0 Å². The minimum absolute atomic E-state index is 0.107. The van der Waals surface area contributed by atoms with Gasteiger partial charge in [-0.15, -0.1) is 0 Å². The second kappa shape index (κ2) is 4.75. The maximum Gasteiger partial charge on any atom is 0.148 e. The molecule has 0 saturated carbocycles. The number of benzene rings is 1. The molecule has 0 amide bonds. The molecule has 1 heterocycles. The lowest BCUT2D eigenvalue weighted by Crippen LogP contribution is -2.09. The third-order valence-electron chi connectivity index (χ3n) is 2.25. The number of hydrogen-bond donors (Lipinski definition) is 2. The van der Waals surface area contributed by atoms with E-state index >= 15 is 0 Å². The van der Waals surface area contributed by atoms with Crippen molar-refractivity contribution in [3.05, 3.63) is 35.1 Å². The summed E-state index contributed by atoms with van der Waals surface area (Å²) in [7, 11) is 0. The molecule has 0 atom stereocenters. The molecule has 0 aliphatic rings. The largest absolute Gasteiger partial charge is 0.366 e. The molecule has 2 aromatic rings. The molecular formula is C12H13ClFN3. The zero-order valence-corrected chi connectivity index (χ0v) is 10.3. The summed E-state index contributed by atoms with van der Waals surface area (Å²) in [4.78, 5) is 0. The molecule has 0 aliphatic heterocycles. The molecule has 2 rings (SSSR count). The van der Waals surface area contributed by atoms with E-state index in [2.05, 4.69) is 15.5 Å². The average Bonchev–Trinajstić information content (AvgIpc) is 2.69. The summed E-state index contributed by atoms with van der Waals surface area (Å²) in [6.45, 7) is 4.06. The van der Waals surface area contributed by atoms with E-state index in [1.807, 2.05) is 19.9 Å². The van der Waals surface area contributed by atoms with E-state index in [9.17, 15) is 4.39 Å². The number of anilines is 1. The second-order valence-electron chi connectivity index (χ2n) is 4.09. The first-order valence-electron chi connectivity index (χ1n) is 5.33. The Bertz CT molecular complexity index is 522. The first kappa shape index (κ1) is 11.9. The van der Waals surface area contributed by atoms with Crippen molar-refractivity contribution in [2.24, 2.45) is 0 Å². The fourth-order valence-electron chi connectivity index (χ4n) is 1.50. The monoisotopic (exact) mass is 253 g/mol. The molecule has 17 heavy (non-hydrogen) atoms. The lowest BCUT2D eigenvalue weighted by molar-refractivity contribution is 0.628. The van der Waals surface area contributed by atoms with Crippen molar-refractivity contribution in [2.75, 3.05) is 5.32 Å². The topological polar surface area (TPSA) is 40.7 Å². The van der Waals surface area contributed by atoms with Crippen LogP contribution in [0.15, 0.2) is 24.3 Å². The van der Waals surface area contributed by atoms with E-state index in [0.29, 0.717) is 6.04 Å². The second-order valence-corrected chi connectivity index (χ2v) is 4.50. The van der Waals surface area contributed by atoms with Gasteiger partial charge in [-0.05, 0) is 32.0 Å². The maximum absolute atomic E-state index is 13.0. The number of halogens is 2. The number of aromatic nitrogens is 2. The third-order valence-corrected chi connectivity index (χ3v) is 2.53. The van der Waals surface area contributed by atoms with E-state index in [4.69, 9.17) is 11.6 Å². The predicted molar refractivity (Wildman–Crippen MR) is 67.8 cm³/mol. The highest BCUT2D eigenvalue weighted by molar-refractivity contribution is 6.31. The Morgan fingerprint density at radius 2 is 2.12 bits per heavy atom. The standard InChI is InChI=1S/C12H13ClFN3/c1-7(2)15-12-6-11(16-17-12)8-3-4-10(14)9(13)5-8/h3-7H,1-2H3,(H2,15,16,17). The predicted octanol–water partition coefficient (Wildman–Crippen LogP) is 3.69. The van der Waals surface area contributed by atoms with Gasteiger partial charge in [0.15, 0.2) is 0 Å². The Hall–Kier alpha value is -1.55. The average molecular weight is 254 g/mol. The van der Waals surface area contributed by atoms with Gasteiger partial charge in [-0.25, -0.2) is 4.39 Å². The van der Waals surface area contributed by atoms with Gasteiger partial charge < -0.3 is 5.32 Å². The Kier molecular flexibility index (Phi) is 3.33. The maximum atomic E-state index is 13.0. The molecule has 0 unspecified atom stereocenters. The van der Waals surface area contributed by atoms with Crippen molar-refractivity contribution in [1.82, 2.24) is 10.2 Å². The van der Waals surface area contributed by atoms with Crippen molar-refractivity contribution in [2.45, 2.75) is 19.9 Å². The van der Waals surface area contributed by atoms with Crippen LogP contribution in [0.4, 0.5) is 10.2 Å². The van der Waals surface area contributed by atoms with Crippen LogP contribution < -0.4 is 5.32 Å². The summed E-state index contributed by atoms with van der Waals surface area (Å²) in [6, 6.07) is 6.75. The van der Waals surface area contributed by atoms with Crippen LogP contribution in [-0.4, -0.2) is 16.2 Å². The Morgan fingerprint density at radius 1 is 1.35 bits per heavy atom. The summed E-state index contributed by atoms with van der Waals surface area (Å²) in [6.07, 6.45) is 0. The van der Waals surface area contributed by atoms with E-state index < -0.39 is 5.82 Å². The van der Waals surface area contributed by atoms with E-state index in [1.165, 1.54) is 6.07 Å². The molecule has 3 nitrogen and oxygen atoms in total. The zero-order chi connectivity index (χ0) is 12.4. The minimum atomic E-state index is -0.421. The molecule has 0 radical (unpaired) electrons. The number of rotatable bonds is 3. The fraction of sp³-hybridized carbons (Fsp3) is 0.250. The molecule has 0 bridgehead atoms. The van der Waals surface area contributed by atoms with Crippen molar-refractivity contribution >= 4 is 17.4 Å². The first-order chi connectivity index (χ1) is 8.06. The number of nitrogens with zero attached hydrogens (tertiary/aromatic N) is 1. The van der Waals surface area contributed by atoms with E-state index in [1.54, 1.807) is 12.1 Å². The smallest absolute Gasteiger partial charge is 0.148 e. The quantitative estimate of drug-likeness (QED) is 0.876. The highest BCUT2D eigenvalue weighted by Gasteiger charge is 2.07. The Morgan fingerprint density at radius 3 is 2.76 bits per heavy atom. The number of hydrogen-bond acceptors (Lipinski definition) is 2. The lowest BCUT2D eigenvalue weighted by Gasteiger charge is -2.04. The van der Waals surface area contributed by atoms with E-state index in [0.717, 1.165) is 17.1 Å². The molecule has 0 fully saturated rings. The molecule has 0 saturated heterocycles. The van der Waals surface area contributed by atoms with Gasteiger partial charge in [0, 0.05) is 17.7 Å². The summed E-state index contributed by atoms with van der Waals surface area (Å²) in [5.41, 5.74) is 1.61. The van der Waals surface area contributed by atoms with Gasteiger partial charge >= 0.3 is 0 Å². The van der Waals surface area contributed by atoms with E-state index in [-0.39, 0.29) is 5.02 Å². The van der Waals surface area contributed by atoms with Crippen molar-refractivity contribution in [3.8, 4) is 11.3 Å². The van der Waals surface area contributed by atoms with Gasteiger partial charge in [0.25, 0.3) is 0 Å². The minimum Gasteiger partial charge on any atom is -0.366 e. The Balaban J connectivity index is 2.27. The van der Waals surface area contributed by atoms with Gasteiger partial charge in [0.1, 0.15) is 11.6 Å². The highest BCUT2D eigenvalue weighted by atomic mass is 35.5. The van der Waals surface area contributed by atoms with Gasteiger partial charge in [-0.1, -0.05) is 11.6 Å². The van der Waals surface area contributed by atoms with Crippen LogP contribution >= 0.6 is 11.6 Å². The van der Waals surface area contributed by atoms with Crippen molar-refractivity contribution in [1.29, 1.82) is 0 Å². The van der Waals surface area contributed by atoms with Crippen LogP contribution in [0.1, 0.15) is 13.8 Å². The van der Waals surface area contributed by atoms with Crippen molar-refractivity contribution in [3.63, 3.8) is 0 Å². The molecule has 1 aromatic carbocycles. The van der Waals surface area contributed by atoms with Crippen LogP contribution in [0.25, 0.3) is 11.3 Å². The van der Waals surface area contributed by atoms with Gasteiger partial charge in [-0.2, -0.15) is 5.10 Å². The van der Waals surface area contributed by atoms with Gasteiger partial charge in [0.2, 0.25) is 0 Å². The summed E-state index contributed by atoms with van der Waals surface area (Å²) in [5.74, 6) is 0.339. The van der Waals surface area contributed by atoms with Gasteiger partial charge in [-0.3, -0.25) is 5.10 Å². The first-order valence-corrected chi connectivity index (χ1v) is 5.71. The third kappa shape index (κ3) is 2.77. The number of nitrogens with one attached hydrogen (secondary N) is 2. The molecule has 2 N–H and O–H groups in total. The van der Waals surface area contributed by atoms with Crippen LogP contribution in [0, 0.1) is 5.82 Å². The molecule has 0 spiro atoms. The molecule has 5 heteroatoms. The van der Waals surface area contributed by atoms with Crippen LogP contribution in [0.5, 0.6) is 0 Å². The molecule has 1 aromatic heterocycles. The number of H-pyrrole nitrogens is 1. The Labute approximate surface area is 104 Å². The number of aromatic amines is 1. The summed E-state index contributed by atoms with van der Waals surface area (Å²) >= 11 is 5.73. The summed E-state index contributed by atoms with van der Waals surface area (Å²) in [5, 5.41) is 10.3.